The van der Waals surface area contributed by atoms with Gasteiger partial charge in [-0.3, -0.25) is 4.90 Å². The minimum Gasteiger partial charge on any atom is -0.299 e. The lowest BCUT2D eigenvalue weighted by molar-refractivity contribution is 0.121. The number of hydrogen-bond donors (Lipinski definition) is 0. The first-order chi connectivity index (χ1) is 8.16. The Hall–Kier alpha value is -1.08. The molecule has 17 heavy (non-hydrogen) atoms. The van der Waals surface area contributed by atoms with E-state index in [-0.39, 0.29) is 0 Å². The summed E-state index contributed by atoms with van der Waals surface area (Å²) in [5.41, 5.74) is 1.82. The van der Waals surface area contributed by atoms with E-state index in [0.29, 0.717) is 11.3 Å². The molecule has 0 unspecified atom stereocenters. The minimum absolute atomic E-state index is 0.332. The summed E-state index contributed by atoms with van der Waals surface area (Å²) in [5.74, 6) is 0.693. The molecule has 0 saturated carbocycles. The van der Waals surface area contributed by atoms with Crippen molar-refractivity contribution in [2.24, 2.45) is 5.92 Å². The highest BCUT2D eigenvalue weighted by atomic mass is 15.1. The quantitative estimate of drug-likeness (QED) is 0.717. The van der Waals surface area contributed by atoms with Crippen molar-refractivity contribution < 1.29 is 0 Å². The molecule has 1 aliphatic rings. The van der Waals surface area contributed by atoms with Crippen molar-refractivity contribution in [3.63, 3.8) is 0 Å². The highest BCUT2D eigenvalue weighted by Gasteiger charge is 2.37. The fourth-order valence-electron chi connectivity index (χ4n) is 2.91. The molecule has 1 saturated heterocycles. The summed E-state index contributed by atoms with van der Waals surface area (Å²) in [7, 11) is 0. The van der Waals surface area contributed by atoms with Gasteiger partial charge in [0.1, 0.15) is 0 Å². The number of rotatable bonds is 3. The lowest BCUT2D eigenvalue weighted by Gasteiger charge is -2.45. The Labute approximate surface area is 105 Å². The molecule has 1 heteroatoms. The van der Waals surface area contributed by atoms with Gasteiger partial charge in [-0.05, 0) is 29.9 Å². The highest BCUT2D eigenvalue weighted by molar-refractivity contribution is 5.26. The van der Waals surface area contributed by atoms with E-state index in [0.717, 1.165) is 6.54 Å². The number of benzene rings is 1. The van der Waals surface area contributed by atoms with Gasteiger partial charge in [0.15, 0.2) is 0 Å². The molecule has 0 radical (unpaired) electrons. The van der Waals surface area contributed by atoms with E-state index in [9.17, 15) is 0 Å². The Kier molecular flexibility index (Phi) is 3.68. The number of piperidine rings is 1. The summed E-state index contributed by atoms with van der Waals surface area (Å²) in [5, 5.41) is 0. The Morgan fingerprint density at radius 1 is 1.41 bits per heavy atom. The van der Waals surface area contributed by atoms with Crippen molar-refractivity contribution in [1.29, 1.82) is 0 Å². The van der Waals surface area contributed by atoms with Gasteiger partial charge in [0.05, 0.1) is 0 Å². The van der Waals surface area contributed by atoms with Crippen molar-refractivity contribution in [3.8, 4) is 0 Å². The van der Waals surface area contributed by atoms with Crippen LogP contribution in [0, 0.1) is 5.92 Å². The van der Waals surface area contributed by atoms with Gasteiger partial charge in [0.25, 0.3) is 0 Å². The zero-order valence-electron chi connectivity index (χ0n) is 11.0. The standard InChI is InChI=1S/C16H23N/c1-4-11-17-12-10-16(3,14(2)13-17)15-8-6-5-7-9-15/h4-9,14H,1,10-13H2,2-3H3/t14-,16-/m0/s1. The summed E-state index contributed by atoms with van der Waals surface area (Å²) in [6.07, 6.45) is 3.25. The first-order valence-electron chi connectivity index (χ1n) is 6.55. The van der Waals surface area contributed by atoms with Crippen molar-refractivity contribution in [2.45, 2.75) is 25.7 Å². The van der Waals surface area contributed by atoms with E-state index in [1.807, 2.05) is 6.08 Å². The van der Waals surface area contributed by atoms with Gasteiger partial charge in [-0.2, -0.15) is 0 Å². The fraction of sp³-hybridized carbons (Fsp3) is 0.500. The second kappa shape index (κ2) is 5.05. The average Bonchev–Trinajstić information content (AvgIpc) is 2.35. The largest absolute Gasteiger partial charge is 0.299 e. The van der Waals surface area contributed by atoms with Crippen LogP contribution in [0.4, 0.5) is 0 Å². The van der Waals surface area contributed by atoms with Gasteiger partial charge < -0.3 is 0 Å². The molecule has 1 heterocycles. The third kappa shape index (κ3) is 2.44. The average molecular weight is 229 g/mol. The maximum absolute atomic E-state index is 3.83. The van der Waals surface area contributed by atoms with E-state index in [2.05, 4.69) is 55.7 Å². The first-order valence-corrected chi connectivity index (χ1v) is 6.55. The molecule has 1 aromatic rings. The molecular formula is C16H23N. The Morgan fingerprint density at radius 2 is 2.12 bits per heavy atom. The van der Waals surface area contributed by atoms with Crippen LogP contribution in [-0.2, 0) is 5.41 Å². The highest BCUT2D eigenvalue weighted by Crippen LogP contribution is 2.38. The second-order valence-corrected chi connectivity index (χ2v) is 5.48. The van der Waals surface area contributed by atoms with Crippen LogP contribution in [0.15, 0.2) is 43.0 Å². The van der Waals surface area contributed by atoms with Crippen LogP contribution in [0.2, 0.25) is 0 Å². The van der Waals surface area contributed by atoms with E-state index < -0.39 is 0 Å². The molecule has 0 bridgehead atoms. The predicted molar refractivity (Wildman–Crippen MR) is 74.2 cm³/mol. The third-order valence-electron chi connectivity index (χ3n) is 4.39. The van der Waals surface area contributed by atoms with Gasteiger partial charge in [-0.15, -0.1) is 6.58 Å². The van der Waals surface area contributed by atoms with Gasteiger partial charge in [0.2, 0.25) is 0 Å². The van der Waals surface area contributed by atoms with E-state index in [4.69, 9.17) is 0 Å². The molecule has 92 valence electrons. The molecule has 1 aromatic carbocycles. The predicted octanol–water partition coefficient (Wildman–Crippen LogP) is 3.47. The van der Waals surface area contributed by atoms with Crippen LogP contribution in [-0.4, -0.2) is 24.5 Å². The van der Waals surface area contributed by atoms with Crippen LogP contribution in [0.5, 0.6) is 0 Å². The van der Waals surface area contributed by atoms with E-state index >= 15 is 0 Å². The molecular weight excluding hydrogens is 206 g/mol. The van der Waals surface area contributed by atoms with Crippen molar-refractivity contribution in [2.75, 3.05) is 19.6 Å². The van der Waals surface area contributed by atoms with Crippen molar-refractivity contribution in [1.82, 2.24) is 4.90 Å². The van der Waals surface area contributed by atoms with Gasteiger partial charge in [-0.1, -0.05) is 50.3 Å². The van der Waals surface area contributed by atoms with Crippen LogP contribution >= 0.6 is 0 Å². The number of nitrogens with zero attached hydrogens (tertiary/aromatic N) is 1. The molecule has 2 atom stereocenters. The Bertz CT molecular complexity index is 370. The van der Waals surface area contributed by atoms with Crippen molar-refractivity contribution in [3.05, 3.63) is 48.6 Å². The SMILES string of the molecule is C=CCN1CC[C@](C)(c2ccccc2)[C@@H](C)C1. The summed E-state index contributed by atoms with van der Waals surface area (Å²) >= 11 is 0. The zero-order chi connectivity index (χ0) is 12.3. The molecule has 0 spiro atoms. The number of likely N-dealkylation sites (tertiary alicyclic amines) is 1. The van der Waals surface area contributed by atoms with Crippen LogP contribution in [0.3, 0.4) is 0 Å². The zero-order valence-corrected chi connectivity index (χ0v) is 11.0. The van der Waals surface area contributed by atoms with E-state index in [1.165, 1.54) is 25.1 Å². The third-order valence-corrected chi connectivity index (χ3v) is 4.39. The van der Waals surface area contributed by atoms with Crippen LogP contribution in [0.25, 0.3) is 0 Å². The molecule has 1 fully saturated rings. The Balaban J connectivity index is 2.15. The monoisotopic (exact) mass is 229 g/mol. The van der Waals surface area contributed by atoms with E-state index in [1.54, 1.807) is 0 Å². The van der Waals surface area contributed by atoms with Gasteiger partial charge >= 0.3 is 0 Å². The molecule has 1 aliphatic heterocycles. The number of hydrogen-bond acceptors (Lipinski definition) is 1. The summed E-state index contributed by atoms with van der Waals surface area (Å²) < 4.78 is 0. The molecule has 0 aromatic heterocycles. The molecule has 2 rings (SSSR count). The Morgan fingerprint density at radius 3 is 2.71 bits per heavy atom. The molecule has 0 amide bonds. The van der Waals surface area contributed by atoms with Gasteiger partial charge in [-0.25, -0.2) is 0 Å². The fourth-order valence-corrected chi connectivity index (χ4v) is 2.91. The normalized spacial score (nSPS) is 30.1. The molecule has 1 nitrogen and oxygen atoms in total. The maximum atomic E-state index is 3.83. The summed E-state index contributed by atoms with van der Waals surface area (Å²) in [4.78, 5) is 2.50. The molecule has 0 N–H and O–H groups in total. The minimum atomic E-state index is 0.332. The lowest BCUT2D eigenvalue weighted by Crippen LogP contribution is -2.47. The summed E-state index contributed by atoms with van der Waals surface area (Å²) in [6, 6.07) is 11.0. The lowest BCUT2D eigenvalue weighted by atomic mass is 9.68. The van der Waals surface area contributed by atoms with Crippen LogP contribution < -0.4 is 0 Å². The smallest absolute Gasteiger partial charge is 0.0160 e. The molecule has 0 aliphatic carbocycles. The van der Waals surface area contributed by atoms with Crippen molar-refractivity contribution >= 4 is 0 Å². The maximum Gasteiger partial charge on any atom is 0.0160 e. The van der Waals surface area contributed by atoms with Crippen LogP contribution in [0.1, 0.15) is 25.8 Å². The summed E-state index contributed by atoms with van der Waals surface area (Å²) in [6.45, 7) is 12.0. The topological polar surface area (TPSA) is 3.24 Å². The first kappa shape index (κ1) is 12.4. The van der Waals surface area contributed by atoms with Gasteiger partial charge in [0, 0.05) is 13.1 Å². The second-order valence-electron chi connectivity index (χ2n) is 5.48.